The average Bonchev–Trinajstić information content (AvgIpc) is 2.81. The second kappa shape index (κ2) is 15.2. The first-order valence-corrected chi connectivity index (χ1v) is 11.4. The minimum atomic E-state index is -0.959. The van der Waals surface area contributed by atoms with Gasteiger partial charge in [0.15, 0.2) is 6.10 Å². The molecule has 2 rings (SSSR count). The van der Waals surface area contributed by atoms with E-state index in [0.717, 1.165) is 29.7 Å². The lowest BCUT2D eigenvalue weighted by Crippen LogP contribution is -3.00. The van der Waals surface area contributed by atoms with Crippen molar-refractivity contribution in [3.05, 3.63) is 48.0 Å². The van der Waals surface area contributed by atoms with Gasteiger partial charge in [-0.15, -0.1) is 0 Å². The highest BCUT2D eigenvalue weighted by Crippen LogP contribution is 2.18. The summed E-state index contributed by atoms with van der Waals surface area (Å²) in [5, 5.41) is 12.2. The van der Waals surface area contributed by atoms with Crippen molar-refractivity contribution in [2.24, 2.45) is 0 Å². The normalized spacial score (nSPS) is 11.4. The average molecular weight is 478 g/mol. The first-order chi connectivity index (χ1) is 15.5. The molecule has 1 atom stereocenters. The van der Waals surface area contributed by atoms with Crippen LogP contribution in [0.5, 0.6) is 0 Å². The molecule has 1 aromatic carbocycles. The van der Waals surface area contributed by atoms with Crippen LogP contribution >= 0.6 is 0 Å². The fourth-order valence-corrected chi connectivity index (χ4v) is 3.43. The van der Waals surface area contributed by atoms with Gasteiger partial charge in [0.1, 0.15) is 5.69 Å². The van der Waals surface area contributed by atoms with Crippen LogP contribution in [-0.4, -0.2) is 43.4 Å². The summed E-state index contributed by atoms with van der Waals surface area (Å²) in [6.45, 7) is 5.00. The number of carboxylic acids is 1. The van der Waals surface area contributed by atoms with Gasteiger partial charge >= 0.3 is 12.0 Å². The zero-order valence-corrected chi connectivity index (χ0v) is 20.5. The summed E-state index contributed by atoms with van der Waals surface area (Å²) in [6, 6.07) is 13.2. The summed E-state index contributed by atoms with van der Waals surface area (Å²) < 4.78 is 5.29. The Labute approximate surface area is 203 Å². The van der Waals surface area contributed by atoms with Crippen molar-refractivity contribution >= 4 is 17.8 Å². The van der Waals surface area contributed by atoms with E-state index < -0.39 is 12.1 Å². The predicted molar refractivity (Wildman–Crippen MR) is 126 cm³/mol. The van der Waals surface area contributed by atoms with Gasteiger partial charge in [0.05, 0.1) is 7.05 Å². The Morgan fingerprint density at radius 1 is 1.06 bits per heavy atom. The quantitative estimate of drug-likeness (QED) is 0.425. The van der Waals surface area contributed by atoms with Gasteiger partial charge in [0.2, 0.25) is 0 Å². The van der Waals surface area contributed by atoms with Crippen molar-refractivity contribution in [3.8, 4) is 11.3 Å². The van der Waals surface area contributed by atoms with Crippen LogP contribution in [0.2, 0.25) is 0 Å². The molecule has 0 unspecified atom stereocenters. The molecule has 0 fully saturated rings. The highest BCUT2D eigenvalue weighted by Gasteiger charge is 2.20. The number of benzene rings is 1. The van der Waals surface area contributed by atoms with Gasteiger partial charge in [0, 0.05) is 31.2 Å². The number of hydrogen-bond donors (Lipinski definition) is 2. The fraction of sp³-hybridized carbons (Fsp3) is 0.480. The number of nitrogens with one attached hydrogen (secondary N) is 2. The second-order valence-electron chi connectivity index (χ2n) is 7.84. The molecule has 182 valence electrons. The number of nitrogens with zero attached hydrogens (tertiary/aromatic N) is 1. The van der Waals surface area contributed by atoms with E-state index in [-0.39, 0.29) is 18.4 Å². The van der Waals surface area contributed by atoms with E-state index in [4.69, 9.17) is 4.74 Å². The maximum atomic E-state index is 12.5. The van der Waals surface area contributed by atoms with E-state index in [1.807, 2.05) is 42.5 Å². The third-order valence-corrected chi connectivity index (χ3v) is 5.33. The number of H-pyrrole nitrogens is 1. The van der Waals surface area contributed by atoms with Crippen LogP contribution in [0.3, 0.4) is 0 Å². The largest absolute Gasteiger partial charge is 1.00 e. The molecule has 7 nitrogen and oxygen atoms in total. The number of urea groups is 1. The summed E-state index contributed by atoms with van der Waals surface area (Å²) in [5.74, 6) is -0.267. The van der Waals surface area contributed by atoms with E-state index in [9.17, 15) is 14.7 Å². The predicted octanol–water partition coefficient (Wildman–Crippen LogP) is 1.32. The van der Waals surface area contributed by atoms with Gasteiger partial charge in [-0.25, -0.2) is 14.6 Å². The Bertz CT molecular complexity index is 861. The van der Waals surface area contributed by atoms with Crippen LogP contribution in [0.1, 0.15) is 51.5 Å². The molecule has 33 heavy (non-hydrogen) atoms. The van der Waals surface area contributed by atoms with Crippen LogP contribution in [0.15, 0.2) is 42.5 Å². The van der Waals surface area contributed by atoms with Crippen LogP contribution in [0.25, 0.3) is 11.3 Å². The van der Waals surface area contributed by atoms with Crippen LogP contribution < -0.4 is 27.6 Å². The topological polar surface area (TPSA) is 93.0 Å². The third kappa shape index (κ3) is 9.40. The minimum absolute atomic E-state index is 0. The Hall–Kier alpha value is -2.64. The summed E-state index contributed by atoms with van der Waals surface area (Å²) in [6.07, 6.45) is 5.24. The number of carbonyl (C=O) groups excluding carboxylic acids is 1. The monoisotopic (exact) mass is 477 g/mol. The Kier molecular flexibility index (Phi) is 13.1. The van der Waals surface area contributed by atoms with Crippen molar-refractivity contribution in [1.29, 1.82) is 0 Å². The third-order valence-electron chi connectivity index (χ3n) is 5.33. The highest BCUT2D eigenvalue weighted by molar-refractivity contribution is 5.89. The molecule has 0 aliphatic heterocycles. The number of ether oxygens (including phenoxy) is 1. The van der Waals surface area contributed by atoms with Crippen LogP contribution in [0, 0.1) is 0 Å². The lowest BCUT2D eigenvalue weighted by Gasteiger charge is -2.13. The number of unbranched alkanes of at least 4 members (excludes halogenated alkanes) is 4. The molecule has 0 spiro atoms. The number of halogens is 1. The fourth-order valence-electron chi connectivity index (χ4n) is 3.43. The Morgan fingerprint density at radius 2 is 1.76 bits per heavy atom. The zero-order valence-electron chi connectivity index (χ0n) is 19.8. The van der Waals surface area contributed by atoms with Gasteiger partial charge < -0.3 is 27.6 Å². The van der Waals surface area contributed by atoms with Crippen molar-refractivity contribution < 1.29 is 36.8 Å². The molecule has 0 saturated carbocycles. The van der Waals surface area contributed by atoms with Crippen LogP contribution in [-0.2, 0) is 16.0 Å². The standard InChI is InChI=1S/C25H35N3O4.ClH/c1-4-6-7-8-9-17-26-25(31)28(3)23-12-10-11-21(27-23)20-15-13-19(14-16-20)18-22(24(29)30)32-5-2;/h10-16,22H,4-9,17-18H2,1-3H3,(H,26,31)(H,29,30);1H/t22-;/m0./s1. The molecule has 1 aromatic heterocycles. The molecular formula is C25H36ClN3O4. The zero-order chi connectivity index (χ0) is 23.3. The van der Waals surface area contributed by atoms with E-state index in [2.05, 4.69) is 17.2 Å². The molecular weight excluding hydrogens is 442 g/mol. The van der Waals surface area contributed by atoms with Crippen molar-refractivity contribution in [2.75, 3.05) is 25.1 Å². The molecule has 0 radical (unpaired) electrons. The molecule has 2 aromatic rings. The van der Waals surface area contributed by atoms with E-state index in [1.165, 1.54) is 19.3 Å². The molecule has 0 bridgehead atoms. The van der Waals surface area contributed by atoms with Crippen molar-refractivity contribution in [2.45, 2.75) is 58.5 Å². The second-order valence-corrected chi connectivity index (χ2v) is 7.84. The van der Waals surface area contributed by atoms with E-state index in [0.29, 0.717) is 25.4 Å². The molecule has 2 amide bonds. The first kappa shape index (κ1) is 28.4. The van der Waals surface area contributed by atoms with Gasteiger partial charge in [-0.1, -0.05) is 56.9 Å². The molecule has 0 aliphatic carbocycles. The SMILES string of the molecule is CCCCCCCNC(=O)N(C)c1cccc(-c2ccc(C[C@H](OCC)C(=O)O)cc2)[nH+]1.[Cl-]. The Morgan fingerprint density at radius 3 is 2.39 bits per heavy atom. The summed E-state index contributed by atoms with van der Waals surface area (Å²) in [7, 11) is 1.74. The minimum Gasteiger partial charge on any atom is -1.00 e. The number of carbonyl (C=O) groups is 2. The maximum absolute atomic E-state index is 12.5. The van der Waals surface area contributed by atoms with Gasteiger partial charge in [-0.2, -0.15) is 4.90 Å². The molecule has 0 saturated heterocycles. The lowest BCUT2D eigenvalue weighted by atomic mass is 10.0. The summed E-state index contributed by atoms with van der Waals surface area (Å²) in [4.78, 5) is 28.6. The number of aliphatic carboxylic acids is 1. The number of anilines is 1. The van der Waals surface area contributed by atoms with Gasteiger partial charge in [-0.05, 0) is 31.0 Å². The molecule has 3 N–H and O–H groups in total. The number of aromatic amines is 1. The maximum Gasteiger partial charge on any atom is 0.408 e. The van der Waals surface area contributed by atoms with Crippen LogP contribution in [0.4, 0.5) is 10.6 Å². The molecule has 1 heterocycles. The van der Waals surface area contributed by atoms with Crippen molar-refractivity contribution in [3.63, 3.8) is 0 Å². The van der Waals surface area contributed by atoms with E-state index >= 15 is 0 Å². The first-order valence-electron chi connectivity index (χ1n) is 11.4. The smallest absolute Gasteiger partial charge is 0.408 e. The number of rotatable bonds is 13. The van der Waals surface area contributed by atoms with Gasteiger partial charge in [0.25, 0.3) is 5.82 Å². The Balaban J connectivity index is 0.00000544. The number of pyridine rings is 1. The molecule has 0 aliphatic rings. The number of amides is 2. The number of carboxylic acid groups (broad SMARTS) is 1. The highest BCUT2D eigenvalue weighted by atomic mass is 35.5. The van der Waals surface area contributed by atoms with E-state index in [1.54, 1.807) is 18.9 Å². The molecule has 8 heteroatoms. The number of aromatic nitrogens is 1. The summed E-state index contributed by atoms with van der Waals surface area (Å²) in [5.41, 5.74) is 2.71. The summed E-state index contributed by atoms with van der Waals surface area (Å²) >= 11 is 0. The van der Waals surface area contributed by atoms with Crippen molar-refractivity contribution in [1.82, 2.24) is 5.32 Å². The lowest BCUT2D eigenvalue weighted by molar-refractivity contribution is -0.349. The van der Waals surface area contributed by atoms with Gasteiger partial charge in [-0.3, -0.25) is 0 Å². The number of hydrogen-bond acceptors (Lipinski definition) is 3.